The van der Waals surface area contributed by atoms with Crippen LogP contribution in [0, 0.1) is 0 Å². The number of nitrogens with one attached hydrogen (secondary N) is 1. The second-order valence-electron chi connectivity index (χ2n) is 6.20. The first-order valence-corrected chi connectivity index (χ1v) is 10.1. The zero-order valence-corrected chi connectivity index (χ0v) is 17.2. The van der Waals surface area contributed by atoms with Crippen LogP contribution in [0.15, 0.2) is 54.2 Å². The maximum absolute atomic E-state index is 5.51. The van der Waals surface area contributed by atoms with Crippen LogP contribution in [0.25, 0.3) is 21.3 Å². The lowest BCUT2D eigenvalue weighted by molar-refractivity contribution is 0.340. The van der Waals surface area contributed by atoms with E-state index in [9.17, 15) is 0 Å². The number of anilines is 2. The number of fused-ring (bicyclic) bond motifs is 1. The number of ether oxygens (including phenoxy) is 3. The number of hydrogen-bond donors (Lipinski definition) is 1. The highest BCUT2D eigenvalue weighted by Gasteiger charge is 2.15. The maximum Gasteiger partial charge on any atom is 0.161 e. The molecule has 0 spiro atoms. The van der Waals surface area contributed by atoms with E-state index < -0.39 is 0 Å². The Morgan fingerprint density at radius 1 is 0.966 bits per heavy atom. The van der Waals surface area contributed by atoms with Gasteiger partial charge in [0.15, 0.2) is 11.5 Å². The molecule has 0 radical (unpaired) electrons. The largest absolute Gasteiger partial charge is 0.494 e. The van der Waals surface area contributed by atoms with E-state index in [0.29, 0.717) is 18.1 Å². The summed E-state index contributed by atoms with van der Waals surface area (Å²) in [6.45, 7) is 2.61. The molecular formula is C22H21N3O3S. The second kappa shape index (κ2) is 8.36. The summed E-state index contributed by atoms with van der Waals surface area (Å²) in [5.74, 6) is 2.97. The zero-order valence-electron chi connectivity index (χ0n) is 16.4. The average Bonchev–Trinajstić information content (AvgIpc) is 3.20. The first-order valence-electron chi connectivity index (χ1n) is 9.18. The van der Waals surface area contributed by atoms with Crippen molar-refractivity contribution in [1.82, 2.24) is 9.97 Å². The fourth-order valence-electron chi connectivity index (χ4n) is 3.12. The average molecular weight is 407 g/mol. The quantitative estimate of drug-likeness (QED) is 0.435. The Bertz CT molecular complexity index is 1130. The molecular weight excluding hydrogens is 386 g/mol. The van der Waals surface area contributed by atoms with Crippen molar-refractivity contribution in [2.45, 2.75) is 6.92 Å². The molecule has 2 heterocycles. The van der Waals surface area contributed by atoms with Gasteiger partial charge in [-0.05, 0) is 48.9 Å². The predicted molar refractivity (Wildman–Crippen MR) is 117 cm³/mol. The van der Waals surface area contributed by atoms with Crippen molar-refractivity contribution in [3.63, 3.8) is 0 Å². The Morgan fingerprint density at radius 2 is 1.76 bits per heavy atom. The molecule has 0 aliphatic rings. The van der Waals surface area contributed by atoms with E-state index in [1.807, 2.05) is 49.4 Å². The molecule has 0 aliphatic heterocycles. The van der Waals surface area contributed by atoms with E-state index in [4.69, 9.17) is 14.2 Å². The second-order valence-corrected chi connectivity index (χ2v) is 7.06. The molecule has 0 atom stereocenters. The number of nitrogens with zero attached hydrogens (tertiary/aromatic N) is 2. The van der Waals surface area contributed by atoms with Gasteiger partial charge in [0, 0.05) is 16.6 Å². The number of hydrogen-bond acceptors (Lipinski definition) is 7. The van der Waals surface area contributed by atoms with Crippen LogP contribution < -0.4 is 19.5 Å². The zero-order chi connectivity index (χ0) is 20.2. The Labute approximate surface area is 173 Å². The number of methoxy groups -OCH3 is 2. The van der Waals surface area contributed by atoms with Gasteiger partial charge in [0.25, 0.3) is 0 Å². The van der Waals surface area contributed by atoms with E-state index in [-0.39, 0.29) is 0 Å². The van der Waals surface area contributed by atoms with Gasteiger partial charge in [0.1, 0.15) is 22.7 Å². The Morgan fingerprint density at radius 3 is 2.48 bits per heavy atom. The molecule has 1 N–H and O–H groups in total. The molecule has 2 aromatic carbocycles. The molecule has 0 unspecified atom stereocenters. The molecule has 0 aliphatic carbocycles. The lowest BCUT2D eigenvalue weighted by atomic mass is 10.1. The van der Waals surface area contributed by atoms with Crippen molar-refractivity contribution >= 4 is 33.1 Å². The van der Waals surface area contributed by atoms with Gasteiger partial charge in [-0.25, -0.2) is 9.97 Å². The summed E-state index contributed by atoms with van der Waals surface area (Å²) in [4.78, 5) is 9.84. The Hall–Kier alpha value is -3.32. The topological polar surface area (TPSA) is 65.5 Å². The summed E-state index contributed by atoms with van der Waals surface area (Å²) in [7, 11) is 3.26. The van der Waals surface area contributed by atoms with Crippen molar-refractivity contribution in [3.8, 4) is 28.4 Å². The van der Waals surface area contributed by atoms with Crippen LogP contribution in [0.1, 0.15) is 6.92 Å². The Balaban J connectivity index is 1.74. The molecule has 7 heteroatoms. The summed E-state index contributed by atoms with van der Waals surface area (Å²) in [6.07, 6.45) is 1.58. The van der Waals surface area contributed by atoms with Gasteiger partial charge in [0.05, 0.1) is 26.2 Å². The third-order valence-corrected chi connectivity index (χ3v) is 5.38. The van der Waals surface area contributed by atoms with Crippen molar-refractivity contribution in [2.24, 2.45) is 0 Å². The van der Waals surface area contributed by atoms with E-state index >= 15 is 0 Å². The highest BCUT2D eigenvalue weighted by molar-refractivity contribution is 7.17. The van der Waals surface area contributed by atoms with Gasteiger partial charge in [-0.1, -0.05) is 6.07 Å². The van der Waals surface area contributed by atoms with Crippen molar-refractivity contribution < 1.29 is 14.2 Å². The number of benzene rings is 2. The normalized spacial score (nSPS) is 10.7. The third-order valence-electron chi connectivity index (χ3n) is 4.49. The summed E-state index contributed by atoms with van der Waals surface area (Å²) in [6, 6.07) is 13.7. The highest BCUT2D eigenvalue weighted by Crippen LogP contribution is 2.40. The minimum absolute atomic E-state index is 0.642. The van der Waals surface area contributed by atoms with E-state index in [1.54, 1.807) is 31.9 Å². The minimum Gasteiger partial charge on any atom is -0.494 e. The SMILES string of the molecule is CCOc1ccc(Nc2ncnc3scc(-c4ccc(OC)c(OC)c4)c23)cc1. The van der Waals surface area contributed by atoms with Crippen molar-refractivity contribution in [3.05, 3.63) is 54.2 Å². The van der Waals surface area contributed by atoms with Gasteiger partial charge in [-0.15, -0.1) is 11.3 Å². The van der Waals surface area contributed by atoms with Gasteiger partial charge in [-0.2, -0.15) is 0 Å². The molecule has 0 amide bonds. The Kier molecular flexibility index (Phi) is 5.48. The van der Waals surface area contributed by atoms with Crippen molar-refractivity contribution in [2.75, 3.05) is 26.1 Å². The van der Waals surface area contributed by atoms with Crippen LogP contribution in [0.5, 0.6) is 17.2 Å². The van der Waals surface area contributed by atoms with Gasteiger partial charge < -0.3 is 19.5 Å². The van der Waals surface area contributed by atoms with E-state index in [0.717, 1.165) is 38.6 Å². The first kappa shape index (κ1) is 19.0. The summed E-state index contributed by atoms with van der Waals surface area (Å²) in [5.41, 5.74) is 2.98. The maximum atomic E-state index is 5.51. The van der Waals surface area contributed by atoms with Gasteiger partial charge in [-0.3, -0.25) is 0 Å². The summed E-state index contributed by atoms with van der Waals surface area (Å²) in [5, 5.41) is 6.47. The minimum atomic E-state index is 0.642. The van der Waals surface area contributed by atoms with Crippen LogP contribution in [0.3, 0.4) is 0 Å². The van der Waals surface area contributed by atoms with E-state index in [1.165, 1.54) is 0 Å². The molecule has 4 aromatic rings. The van der Waals surface area contributed by atoms with Gasteiger partial charge in [0.2, 0.25) is 0 Å². The fraction of sp³-hybridized carbons (Fsp3) is 0.182. The van der Waals surface area contributed by atoms with Crippen LogP contribution >= 0.6 is 11.3 Å². The molecule has 6 nitrogen and oxygen atoms in total. The standard InChI is InChI=1S/C22H21N3O3S/c1-4-28-16-8-6-15(7-9-16)25-21-20-17(12-29-22(20)24-13-23-21)14-5-10-18(26-2)19(11-14)27-3/h5-13H,4H2,1-3H3,(H,23,24,25). The van der Waals surface area contributed by atoms with E-state index in [2.05, 4.69) is 20.7 Å². The lowest BCUT2D eigenvalue weighted by Crippen LogP contribution is -1.96. The molecule has 2 aromatic heterocycles. The monoisotopic (exact) mass is 407 g/mol. The lowest BCUT2D eigenvalue weighted by Gasteiger charge is -2.11. The highest BCUT2D eigenvalue weighted by atomic mass is 32.1. The fourth-order valence-corrected chi connectivity index (χ4v) is 4.04. The molecule has 29 heavy (non-hydrogen) atoms. The number of rotatable bonds is 7. The summed E-state index contributed by atoms with van der Waals surface area (Å²) >= 11 is 1.58. The predicted octanol–water partition coefficient (Wildman–Crippen LogP) is 5.52. The van der Waals surface area contributed by atoms with Crippen LogP contribution in [-0.2, 0) is 0 Å². The smallest absolute Gasteiger partial charge is 0.161 e. The molecule has 4 rings (SSSR count). The third kappa shape index (κ3) is 3.82. The molecule has 0 saturated carbocycles. The molecule has 0 bridgehead atoms. The molecule has 0 fully saturated rings. The molecule has 148 valence electrons. The van der Waals surface area contributed by atoms with Crippen molar-refractivity contribution in [1.29, 1.82) is 0 Å². The number of thiophene rings is 1. The van der Waals surface area contributed by atoms with Crippen LogP contribution in [0.4, 0.5) is 11.5 Å². The summed E-state index contributed by atoms with van der Waals surface area (Å²) < 4.78 is 16.3. The number of aromatic nitrogens is 2. The van der Waals surface area contributed by atoms with Crippen LogP contribution in [0.2, 0.25) is 0 Å². The first-order chi connectivity index (χ1) is 14.2. The molecule has 0 saturated heterocycles. The van der Waals surface area contributed by atoms with Crippen LogP contribution in [-0.4, -0.2) is 30.8 Å². The van der Waals surface area contributed by atoms with Gasteiger partial charge >= 0.3 is 0 Å².